The van der Waals surface area contributed by atoms with Crippen molar-refractivity contribution in [3.8, 4) is 44.6 Å². The Bertz CT molecular complexity index is 2930. The fourth-order valence-corrected chi connectivity index (χ4v) is 10.4. The Balaban J connectivity index is 1.14. The number of benzene rings is 8. The number of aromatic nitrogens is 2. The SMILES string of the molecule is c1cc(-c2ccc3c(c2)C2(c4ccccc4-3)c3ccccc3C3(c4ccccc4-c4ccccc43)c3ccccc32)cc(-c2cnc3ccccc3n2)c1. The maximum absolute atomic E-state index is 4.99. The summed E-state index contributed by atoms with van der Waals surface area (Å²) < 4.78 is 0. The van der Waals surface area contributed by atoms with Crippen LogP contribution in [0.3, 0.4) is 0 Å². The summed E-state index contributed by atoms with van der Waals surface area (Å²) in [7, 11) is 0. The summed E-state index contributed by atoms with van der Waals surface area (Å²) in [6, 6.07) is 69.8. The Morgan fingerprint density at radius 2 is 0.722 bits per heavy atom. The van der Waals surface area contributed by atoms with Crippen LogP contribution in [0, 0.1) is 0 Å². The normalized spacial score (nSPS) is 14.6. The van der Waals surface area contributed by atoms with E-state index < -0.39 is 10.8 Å². The monoisotopic (exact) mass is 684 g/mol. The molecule has 3 aliphatic rings. The average molecular weight is 685 g/mol. The topological polar surface area (TPSA) is 25.8 Å². The number of para-hydroxylation sites is 2. The Morgan fingerprint density at radius 1 is 0.296 bits per heavy atom. The van der Waals surface area contributed by atoms with Gasteiger partial charge >= 0.3 is 0 Å². The molecule has 0 bridgehead atoms. The highest BCUT2D eigenvalue weighted by Gasteiger charge is 2.58. The fraction of sp³-hybridized carbons (Fsp3) is 0.0385. The lowest BCUT2D eigenvalue weighted by Gasteiger charge is -2.48. The molecule has 0 N–H and O–H groups in total. The maximum Gasteiger partial charge on any atom is 0.0894 e. The van der Waals surface area contributed by atoms with Crippen LogP contribution in [0.4, 0.5) is 0 Å². The van der Waals surface area contributed by atoms with Gasteiger partial charge in [0.25, 0.3) is 0 Å². The van der Waals surface area contributed by atoms with E-state index in [0.717, 1.165) is 27.9 Å². The Labute approximate surface area is 314 Å². The van der Waals surface area contributed by atoms with E-state index in [4.69, 9.17) is 9.97 Å². The van der Waals surface area contributed by atoms with Crippen LogP contribution in [0.25, 0.3) is 55.7 Å². The van der Waals surface area contributed by atoms with Crippen LogP contribution in [-0.4, -0.2) is 9.97 Å². The Kier molecular flexibility index (Phi) is 5.94. The molecule has 0 saturated heterocycles. The smallest absolute Gasteiger partial charge is 0.0894 e. The molecule has 3 aliphatic carbocycles. The van der Waals surface area contributed by atoms with Gasteiger partial charge in [0.05, 0.1) is 33.8 Å². The predicted molar refractivity (Wildman–Crippen MR) is 219 cm³/mol. The quantitative estimate of drug-likeness (QED) is 0.181. The van der Waals surface area contributed by atoms with E-state index in [1.54, 1.807) is 0 Å². The zero-order chi connectivity index (χ0) is 35.4. The molecule has 2 spiro atoms. The van der Waals surface area contributed by atoms with E-state index in [-0.39, 0.29) is 0 Å². The van der Waals surface area contributed by atoms with Crippen molar-refractivity contribution in [3.05, 3.63) is 239 Å². The van der Waals surface area contributed by atoms with Crippen LogP contribution < -0.4 is 0 Å². The molecule has 9 aromatic rings. The molecule has 1 aromatic heterocycles. The van der Waals surface area contributed by atoms with E-state index in [1.807, 2.05) is 30.5 Å². The summed E-state index contributed by atoms with van der Waals surface area (Å²) in [4.78, 5) is 9.71. The molecule has 1 heterocycles. The molecule has 0 saturated carbocycles. The summed E-state index contributed by atoms with van der Waals surface area (Å²) >= 11 is 0. The van der Waals surface area contributed by atoms with Crippen LogP contribution in [0.15, 0.2) is 194 Å². The lowest BCUT2D eigenvalue weighted by atomic mass is 9.52. The van der Waals surface area contributed by atoms with Crippen molar-refractivity contribution >= 4 is 11.0 Å². The maximum atomic E-state index is 4.99. The number of hydrogen-bond donors (Lipinski definition) is 0. The molecule has 8 aromatic carbocycles. The van der Waals surface area contributed by atoms with Crippen LogP contribution in [0.2, 0.25) is 0 Å². The fourth-order valence-electron chi connectivity index (χ4n) is 10.4. The number of hydrogen-bond acceptors (Lipinski definition) is 2. The van der Waals surface area contributed by atoms with Crippen molar-refractivity contribution in [1.82, 2.24) is 9.97 Å². The van der Waals surface area contributed by atoms with E-state index in [2.05, 4.69) is 164 Å². The summed E-state index contributed by atoms with van der Waals surface area (Å²) in [6.45, 7) is 0. The molecule has 0 radical (unpaired) electrons. The molecule has 0 unspecified atom stereocenters. The third kappa shape index (κ3) is 3.65. The van der Waals surface area contributed by atoms with Crippen molar-refractivity contribution in [3.63, 3.8) is 0 Å². The largest absolute Gasteiger partial charge is 0.252 e. The summed E-state index contributed by atoms with van der Waals surface area (Å²) in [5, 5.41) is 0. The van der Waals surface area contributed by atoms with Gasteiger partial charge < -0.3 is 0 Å². The number of nitrogens with zero attached hydrogens (tertiary/aromatic N) is 2. The minimum atomic E-state index is -0.520. The Morgan fingerprint density at radius 3 is 1.30 bits per heavy atom. The molecule has 0 aliphatic heterocycles. The predicted octanol–water partition coefficient (Wildman–Crippen LogP) is 12.0. The number of rotatable bonds is 2. The minimum absolute atomic E-state index is 0.448. The van der Waals surface area contributed by atoms with Gasteiger partial charge in [-0.3, -0.25) is 4.98 Å². The molecule has 250 valence electrons. The standard InChI is InChI=1S/C52H32N2/c1-4-19-40-36(16-1)37-17-2-5-20-41(37)51(40)43-22-7-9-24-45(43)52(46-25-10-8-23-44(46)51)42-21-6-3-18-38(42)39-29-28-34(31-47(39)52)33-14-13-15-35(30-33)50-32-53-48-26-11-12-27-49(48)54-50/h1-32H. The van der Waals surface area contributed by atoms with E-state index in [9.17, 15) is 0 Å². The van der Waals surface area contributed by atoms with Crippen molar-refractivity contribution in [2.24, 2.45) is 0 Å². The molecule has 0 atom stereocenters. The van der Waals surface area contributed by atoms with Gasteiger partial charge in [-0.2, -0.15) is 0 Å². The average Bonchev–Trinajstić information content (AvgIpc) is 3.71. The summed E-state index contributed by atoms with van der Waals surface area (Å²) in [5.74, 6) is 0. The molecule has 2 nitrogen and oxygen atoms in total. The second-order valence-corrected chi connectivity index (χ2v) is 14.8. The minimum Gasteiger partial charge on any atom is -0.252 e. The van der Waals surface area contributed by atoms with Gasteiger partial charge in [0.2, 0.25) is 0 Å². The first-order valence-electron chi connectivity index (χ1n) is 18.7. The third-order valence-corrected chi connectivity index (χ3v) is 12.4. The van der Waals surface area contributed by atoms with Crippen molar-refractivity contribution in [1.29, 1.82) is 0 Å². The van der Waals surface area contributed by atoms with Gasteiger partial charge in [-0.25, -0.2) is 4.98 Å². The highest BCUT2D eigenvalue weighted by atomic mass is 14.8. The molecular formula is C52H32N2. The van der Waals surface area contributed by atoms with Gasteiger partial charge in [-0.15, -0.1) is 0 Å². The van der Waals surface area contributed by atoms with E-state index in [1.165, 1.54) is 72.3 Å². The van der Waals surface area contributed by atoms with E-state index in [0.29, 0.717) is 0 Å². The van der Waals surface area contributed by atoms with Crippen LogP contribution >= 0.6 is 0 Å². The number of fused-ring (bicyclic) bond motifs is 17. The van der Waals surface area contributed by atoms with Crippen molar-refractivity contribution < 1.29 is 0 Å². The van der Waals surface area contributed by atoms with Crippen LogP contribution in [-0.2, 0) is 10.8 Å². The highest BCUT2D eigenvalue weighted by Crippen LogP contribution is 2.67. The molecular weight excluding hydrogens is 653 g/mol. The van der Waals surface area contributed by atoms with Gasteiger partial charge in [0.15, 0.2) is 0 Å². The second kappa shape index (κ2) is 10.8. The van der Waals surface area contributed by atoms with Gasteiger partial charge in [0, 0.05) is 5.56 Å². The lowest BCUT2D eigenvalue weighted by molar-refractivity contribution is 0.633. The molecule has 54 heavy (non-hydrogen) atoms. The van der Waals surface area contributed by atoms with Crippen molar-refractivity contribution in [2.75, 3.05) is 0 Å². The molecule has 0 fully saturated rings. The highest BCUT2D eigenvalue weighted by molar-refractivity contribution is 5.94. The van der Waals surface area contributed by atoms with Gasteiger partial charge in [0.1, 0.15) is 0 Å². The third-order valence-electron chi connectivity index (χ3n) is 12.4. The molecule has 0 amide bonds. The van der Waals surface area contributed by atoms with Crippen LogP contribution in [0.5, 0.6) is 0 Å². The lowest BCUT2D eigenvalue weighted by Crippen LogP contribution is -2.43. The first-order chi connectivity index (χ1) is 26.8. The zero-order valence-corrected chi connectivity index (χ0v) is 29.4. The van der Waals surface area contributed by atoms with Crippen molar-refractivity contribution in [2.45, 2.75) is 10.8 Å². The van der Waals surface area contributed by atoms with E-state index >= 15 is 0 Å². The molecule has 12 rings (SSSR count). The van der Waals surface area contributed by atoms with Gasteiger partial charge in [-0.1, -0.05) is 164 Å². The summed E-state index contributed by atoms with van der Waals surface area (Å²) in [5.41, 5.74) is 21.1. The summed E-state index contributed by atoms with van der Waals surface area (Å²) in [6.07, 6.45) is 1.89. The van der Waals surface area contributed by atoms with Gasteiger partial charge in [-0.05, 0) is 102 Å². The molecule has 2 heteroatoms. The zero-order valence-electron chi connectivity index (χ0n) is 29.4. The first kappa shape index (κ1) is 29.7. The second-order valence-electron chi connectivity index (χ2n) is 14.8. The first-order valence-corrected chi connectivity index (χ1v) is 18.7. The van der Waals surface area contributed by atoms with Crippen LogP contribution in [0.1, 0.15) is 44.5 Å². The Hall–Kier alpha value is -6.90.